The van der Waals surface area contributed by atoms with Gasteiger partial charge in [-0.1, -0.05) is 5.92 Å². The first-order chi connectivity index (χ1) is 13.3. The molecule has 4 heteroatoms. The highest BCUT2D eigenvalue weighted by Crippen LogP contribution is 2.37. The zero-order valence-electron chi connectivity index (χ0n) is 16.6. The number of aromatic nitrogens is 1. The summed E-state index contributed by atoms with van der Waals surface area (Å²) in [5.74, 6) is 4.79. The largest absolute Gasteiger partial charge is 0.298 e. The Morgan fingerprint density at radius 3 is 2.39 bits per heavy atom. The molecule has 2 aromatic rings. The summed E-state index contributed by atoms with van der Waals surface area (Å²) < 4.78 is 0. The van der Waals surface area contributed by atoms with Crippen molar-refractivity contribution in [2.75, 3.05) is 0 Å². The standard InChI is InChI=1S/C24H22N2O2/c1-5-6-17-9-14(2)22(15(3)10-17)23-21(27)12-19(24(23)28)11-20-8-7-18(13-25)16(4)26-20/h7-10,19,23H,11-12H2,1-4H3. The number of pyridine rings is 1. The SMILES string of the molecule is CC#Cc1cc(C)c(C2C(=O)CC(Cc3ccc(C#N)c(C)n3)C2=O)c(C)c1. The molecule has 2 atom stereocenters. The Labute approximate surface area is 165 Å². The van der Waals surface area contributed by atoms with E-state index in [1.807, 2.05) is 26.0 Å². The average Bonchev–Trinajstić information content (AvgIpc) is 2.89. The lowest BCUT2D eigenvalue weighted by molar-refractivity contribution is -0.124. The number of benzene rings is 1. The molecule has 0 aliphatic heterocycles. The van der Waals surface area contributed by atoms with Crippen LogP contribution in [0.1, 0.15) is 58.5 Å². The molecule has 0 amide bonds. The fourth-order valence-electron chi connectivity index (χ4n) is 4.08. The van der Waals surface area contributed by atoms with E-state index in [1.165, 1.54) is 0 Å². The van der Waals surface area contributed by atoms with Crippen molar-refractivity contribution in [3.63, 3.8) is 0 Å². The molecule has 140 valence electrons. The van der Waals surface area contributed by atoms with Crippen molar-refractivity contribution in [2.45, 2.75) is 46.5 Å². The Balaban J connectivity index is 1.89. The lowest BCUT2D eigenvalue weighted by atomic mass is 9.86. The van der Waals surface area contributed by atoms with Crippen LogP contribution in [0.2, 0.25) is 0 Å². The minimum Gasteiger partial charge on any atom is -0.298 e. The summed E-state index contributed by atoms with van der Waals surface area (Å²) in [6, 6.07) is 9.47. The Bertz CT molecular complexity index is 1060. The van der Waals surface area contributed by atoms with Crippen LogP contribution in [-0.2, 0) is 16.0 Å². The summed E-state index contributed by atoms with van der Waals surface area (Å²) in [4.78, 5) is 30.3. The molecule has 1 aliphatic rings. The third-order valence-electron chi connectivity index (χ3n) is 5.33. The first kappa shape index (κ1) is 19.5. The average molecular weight is 370 g/mol. The maximum absolute atomic E-state index is 13.1. The van der Waals surface area contributed by atoms with Crippen molar-refractivity contribution < 1.29 is 9.59 Å². The molecule has 0 bridgehead atoms. The number of carbonyl (C=O) groups is 2. The molecule has 3 rings (SSSR count). The highest BCUT2D eigenvalue weighted by atomic mass is 16.2. The van der Waals surface area contributed by atoms with Gasteiger partial charge in [0.15, 0.2) is 5.78 Å². The predicted molar refractivity (Wildman–Crippen MR) is 107 cm³/mol. The van der Waals surface area contributed by atoms with Crippen LogP contribution in [0.5, 0.6) is 0 Å². The van der Waals surface area contributed by atoms with Gasteiger partial charge < -0.3 is 0 Å². The summed E-state index contributed by atoms with van der Waals surface area (Å²) >= 11 is 0. The van der Waals surface area contributed by atoms with Crippen LogP contribution in [-0.4, -0.2) is 16.6 Å². The molecular weight excluding hydrogens is 348 g/mol. The van der Waals surface area contributed by atoms with Crippen LogP contribution < -0.4 is 0 Å². The summed E-state index contributed by atoms with van der Waals surface area (Å²) in [7, 11) is 0. The van der Waals surface area contributed by atoms with Gasteiger partial charge in [-0.05, 0) is 75.1 Å². The number of Topliss-reactive ketones (excluding diaryl/α,β-unsaturated/α-hetero) is 2. The molecule has 0 N–H and O–H groups in total. The molecule has 1 fully saturated rings. The molecule has 28 heavy (non-hydrogen) atoms. The van der Waals surface area contributed by atoms with Crippen LogP contribution >= 0.6 is 0 Å². The fraction of sp³-hybridized carbons (Fsp3) is 0.333. The number of rotatable bonds is 3. The van der Waals surface area contributed by atoms with Gasteiger partial charge >= 0.3 is 0 Å². The zero-order valence-corrected chi connectivity index (χ0v) is 16.6. The molecule has 0 saturated heterocycles. The Kier molecular flexibility index (Phi) is 5.43. The predicted octanol–water partition coefficient (Wildman–Crippen LogP) is 3.73. The van der Waals surface area contributed by atoms with Crippen LogP contribution in [0.15, 0.2) is 24.3 Å². The second kappa shape index (κ2) is 7.79. The van der Waals surface area contributed by atoms with Gasteiger partial charge in [-0.15, -0.1) is 5.92 Å². The van der Waals surface area contributed by atoms with Gasteiger partial charge in [-0.3, -0.25) is 14.6 Å². The normalized spacial score (nSPS) is 18.5. The minimum atomic E-state index is -0.701. The van der Waals surface area contributed by atoms with Crippen molar-refractivity contribution in [2.24, 2.45) is 5.92 Å². The molecule has 1 aromatic heterocycles. The number of hydrogen-bond donors (Lipinski definition) is 0. The van der Waals surface area contributed by atoms with E-state index in [1.54, 1.807) is 26.0 Å². The van der Waals surface area contributed by atoms with E-state index in [4.69, 9.17) is 5.26 Å². The van der Waals surface area contributed by atoms with E-state index in [9.17, 15) is 9.59 Å². The summed E-state index contributed by atoms with van der Waals surface area (Å²) in [6.45, 7) is 7.43. The first-order valence-corrected chi connectivity index (χ1v) is 9.32. The smallest absolute Gasteiger partial charge is 0.151 e. The monoisotopic (exact) mass is 370 g/mol. The second-order valence-electron chi connectivity index (χ2n) is 7.35. The summed E-state index contributed by atoms with van der Waals surface area (Å²) in [6.07, 6.45) is 0.657. The van der Waals surface area contributed by atoms with Gasteiger partial charge in [0.05, 0.1) is 11.3 Å². The zero-order chi connectivity index (χ0) is 20.4. The van der Waals surface area contributed by atoms with Gasteiger partial charge in [0.1, 0.15) is 17.8 Å². The van der Waals surface area contributed by atoms with Crippen molar-refractivity contribution in [3.8, 4) is 17.9 Å². The Morgan fingerprint density at radius 2 is 1.82 bits per heavy atom. The summed E-state index contributed by atoms with van der Waals surface area (Å²) in [5, 5.41) is 9.04. The van der Waals surface area contributed by atoms with Gasteiger partial charge in [0, 0.05) is 23.6 Å². The Morgan fingerprint density at radius 1 is 1.14 bits per heavy atom. The third-order valence-corrected chi connectivity index (χ3v) is 5.33. The molecule has 0 spiro atoms. The molecule has 1 aromatic carbocycles. The van der Waals surface area contributed by atoms with Crippen LogP contribution in [0, 0.1) is 49.9 Å². The molecular formula is C24H22N2O2. The van der Waals surface area contributed by atoms with Gasteiger partial charge in [-0.2, -0.15) is 5.26 Å². The number of nitriles is 1. The lowest BCUT2D eigenvalue weighted by Crippen LogP contribution is -2.19. The molecule has 0 radical (unpaired) electrons. The van der Waals surface area contributed by atoms with E-state index in [2.05, 4.69) is 22.9 Å². The van der Waals surface area contributed by atoms with E-state index in [-0.39, 0.29) is 23.9 Å². The van der Waals surface area contributed by atoms with Crippen molar-refractivity contribution in [1.29, 1.82) is 5.26 Å². The molecule has 2 unspecified atom stereocenters. The number of ketones is 2. The van der Waals surface area contributed by atoms with E-state index >= 15 is 0 Å². The number of nitrogens with zero attached hydrogens (tertiary/aromatic N) is 2. The Hall–Kier alpha value is -3.24. The maximum atomic E-state index is 13.1. The fourth-order valence-corrected chi connectivity index (χ4v) is 4.08. The van der Waals surface area contributed by atoms with E-state index < -0.39 is 5.92 Å². The first-order valence-electron chi connectivity index (χ1n) is 9.32. The number of aryl methyl sites for hydroxylation is 3. The van der Waals surface area contributed by atoms with Crippen molar-refractivity contribution >= 4 is 11.6 Å². The molecule has 1 aliphatic carbocycles. The molecule has 1 heterocycles. The van der Waals surface area contributed by atoms with Crippen LogP contribution in [0.3, 0.4) is 0 Å². The van der Waals surface area contributed by atoms with E-state index in [0.29, 0.717) is 17.7 Å². The van der Waals surface area contributed by atoms with Gasteiger partial charge in [0.2, 0.25) is 0 Å². The van der Waals surface area contributed by atoms with Crippen LogP contribution in [0.4, 0.5) is 0 Å². The van der Waals surface area contributed by atoms with Gasteiger partial charge in [-0.25, -0.2) is 0 Å². The van der Waals surface area contributed by atoms with Gasteiger partial charge in [0.25, 0.3) is 0 Å². The number of carbonyl (C=O) groups excluding carboxylic acids is 2. The highest BCUT2D eigenvalue weighted by Gasteiger charge is 2.43. The molecule has 1 saturated carbocycles. The highest BCUT2D eigenvalue weighted by molar-refractivity contribution is 6.15. The maximum Gasteiger partial charge on any atom is 0.151 e. The van der Waals surface area contributed by atoms with Crippen molar-refractivity contribution in [3.05, 3.63) is 63.5 Å². The number of hydrogen-bond acceptors (Lipinski definition) is 4. The topological polar surface area (TPSA) is 70.8 Å². The lowest BCUT2D eigenvalue weighted by Gasteiger charge is -2.16. The quantitative estimate of drug-likeness (QED) is 0.610. The third kappa shape index (κ3) is 3.59. The van der Waals surface area contributed by atoms with Crippen LogP contribution in [0.25, 0.3) is 0 Å². The second-order valence-corrected chi connectivity index (χ2v) is 7.35. The molecule has 4 nitrogen and oxygen atoms in total. The summed E-state index contributed by atoms with van der Waals surface area (Å²) in [5.41, 5.74) is 5.49. The van der Waals surface area contributed by atoms with Crippen molar-refractivity contribution in [1.82, 2.24) is 4.98 Å². The minimum absolute atomic E-state index is 0.0270. The van der Waals surface area contributed by atoms with E-state index in [0.717, 1.165) is 27.9 Å².